The molecule has 1 atom stereocenters. The lowest BCUT2D eigenvalue weighted by atomic mass is 9.98. The molecule has 0 aliphatic heterocycles. The Kier molecular flexibility index (Phi) is 6.07. The van der Waals surface area contributed by atoms with Gasteiger partial charge in [0.2, 0.25) is 5.91 Å². The highest BCUT2D eigenvalue weighted by Gasteiger charge is 2.33. The summed E-state index contributed by atoms with van der Waals surface area (Å²) in [4.78, 5) is 35.6. The Morgan fingerprint density at radius 3 is 2.07 bits per heavy atom. The topological polar surface area (TPSA) is 125 Å². The van der Waals surface area contributed by atoms with Gasteiger partial charge in [0, 0.05) is 5.92 Å². The summed E-state index contributed by atoms with van der Waals surface area (Å²) in [5, 5.41) is 23.1. The fourth-order valence-corrected chi connectivity index (χ4v) is 3.43. The van der Waals surface area contributed by atoms with Crippen molar-refractivity contribution in [2.24, 2.45) is 0 Å². The summed E-state index contributed by atoms with van der Waals surface area (Å²) in [5.41, 5.74) is 2.72. The maximum absolute atomic E-state index is 12.3. The minimum atomic E-state index is -1.55. The van der Waals surface area contributed by atoms with Gasteiger partial charge in [-0.1, -0.05) is 48.5 Å². The molecule has 4 N–H and O–H groups in total. The second-order valence-corrected chi connectivity index (χ2v) is 7.62. The summed E-state index contributed by atoms with van der Waals surface area (Å²) in [6.07, 6.45) is -0.876. The number of alkyl carbamates (subject to hydrolysis) is 1. The van der Waals surface area contributed by atoms with E-state index in [-0.39, 0.29) is 12.5 Å². The van der Waals surface area contributed by atoms with Crippen LogP contribution in [-0.2, 0) is 14.3 Å². The largest absolute Gasteiger partial charge is 0.480 e. The average molecular weight is 412 g/mol. The van der Waals surface area contributed by atoms with Crippen LogP contribution in [0.5, 0.6) is 0 Å². The van der Waals surface area contributed by atoms with E-state index in [0.29, 0.717) is 0 Å². The maximum atomic E-state index is 12.3. The zero-order valence-electron chi connectivity index (χ0n) is 16.7. The molecule has 8 heteroatoms. The Balaban J connectivity index is 1.64. The van der Waals surface area contributed by atoms with Gasteiger partial charge in [0.25, 0.3) is 0 Å². The van der Waals surface area contributed by atoms with Gasteiger partial charge in [-0.25, -0.2) is 9.59 Å². The molecule has 0 saturated heterocycles. The van der Waals surface area contributed by atoms with Crippen LogP contribution in [0.4, 0.5) is 4.79 Å². The predicted octanol–water partition coefficient (Wildman–Crippen LogP) is 1.87. The lowest BCUT2D eigenvalue weighted by Gasteiger charge is -2.24. The first-order valence-electron chi connectivity index (χ1n) is 9.52. The van der Waals surface area contributed by atoms with Crippen LogP contribution in [0, 0.1) is 0 Å². The zero-order chi connectivity index (χ0) is 21.9. The number of amides is 2. The molecule has 0 spiro atoms. The molecule has 2 aromatic rings. The highest BCUT2D eigenvalue weighted by atomic mass is 16.5. The minimum absolute atomic E-state index is 0.0558. The van der Waals surface area contributed by atoms with Gasteiger partial charge in [0.05, 0.1) is 6.61 Å². The molecule has 0 unspecified atom stereocenters. The van der Waals surface area contributed by atoms with E-state index < -0.39 is 36.2 Å². The van der Waals surface area contributed by atoms with E-state index in [1.54, 1.807) is 0 Å². The third-order valence-electron chi connectivity index (χ3n) is 5.11. The number of carboxylic acids is 1. The molecular formula is C22H24N2O6. The monoisotopic (exact) mass is 412 g/mol. The summed E-state index contributed by atoms with van der Waals surface area (Å²) in [7, 11) is 0. The van der Waals surface area contributed by atoms with Crippen molar-refractivity contribution >= 4 is 18.0 Å². The van der Waals surface area contributed by atoms with Crippen molar-refractivity contribution in [3.8, 4) is 11.1 Å². The number of carboxylic acid groups (broad SMARTS) is 1. The lowest BCUT2D eigenvalue weighted by molar-refractivity contribution is -0.146. The summed E-state index contributed by atoms with van der Waals surface area (Å²) >= 11 is 0. The Bertz CT molecular complexity index is 926. The molecule has 0 radical (unpaired) electrons. The van der Waals surface area contributed by atoms with E-state index in [4.69, 9.17) is 9.84 Å². The van der Waals surface area contributed by atoms with E-state index in [2.05, 4.69) is 10.6 Å². The van der Waals surface area contributed by atoms with Crippen molar-refractivity contribution < 1.29 is 29.3 Å². The van der Waals surface area contributed by atoms with Crippen molar-refractivity contribution in [2.45, 2.75) is 31.3 Å². The number of hydrogen-bond acceptors (Lipinski definition) is 5. The molecule has 0 heterocycles. The summed E-state index contributed by atoms with van der Waals surface area (Å²) in [6.45, 7) is 1.95. The van der Waals surface area contributed by atoms with Crippen LogP contribution in [0.2, 0.25) is 0 Å². The van der Waals surface area contributed by atoms with Crippen molar-refractivity contribution in [3.05, 3.63) is 59.7 Å². The maximum Gasteiger partial charge on any atom is 0.407 e. The van der Waals surface area contributed by atoms with Gasteiger partial charge >= 0.3 is 12.1 Å². The zero-order valence-corrected chi connectivity index (χ0v) is 16.7. The fraction of sp³-hybridized carbons (Fsp3) is 0.318. The van der Waals surface area contributed by atoms with Crippen LogP contribution >= 0.6 is 0 Å². The third kappa shape index (κ3) is 4.28. The number of fused-ring (bicyclic) bond motifs is 3. The second-order valence-electron chi connectivity index (χ2n) is 7.62. The number of carbonyl (C=O) groups excluding carboxylic acids is 2. The highest BCUT2D eigenvalue weighted by molar-refractivity contribution is 5.91. The molecule has 0 aromatic heterocycles. The molecule has 0 fully saturated rings. The van der Waals surface area contributed by atoms with Crippen LogP contribution in [0.3, 0.4) is 0 Å². The molecule has 0 saturated carbocycles. The number of aliphatic hydroxyl groups excluding tert-OH is 1. The van der Waals surface area contributed by atoms with Crippen molar-refractivity contribution in [3.63, 3.8) is 0 Å². The molecule has 30 heavy (non-hydrogen) atoms. The minimum Gasteiger partial charge on any atom is -0.480 e. The Morgan fingerprint density at radius 2 is 1.57 bits per heavy atom. The molecular weight excluding hydrogens is 388 g/mol. The van der Waals surface area contributed by atoms with Crippen LogP contribution in [0.25, 0.3) is 11.1 Å². The Morgan fingerprint density at radius 1 is 1.03 bits per heavy atom. The molecule has 2 aromatic carbocycles. The van der Waals surface area contributed by atoms with E-state index in [1.807, 2.05) is 48.5 Å². The molecule has 8 nitrogen and oxygen atoms in total. The number of hydrogen-bond donors (Lipinski definition) is 4. The molecule has 1 aliphatic carbocycles. The predicted molar refractivity (Wildman–Crippen MR) is 109 cm³/mol. The first-order valence-corrected chi connectivity index (χ1v) is 9.52. The van der Waals surface area contributed by atoms with Gasteiger partial charge in [0.1, 0.15) is 18.2 Å². The standard InChI is InChI=1S/C22H24N2O6/c1-22(2,20(27)28)24-19(26)18(11-25)23-21(29)30-12-17-15-9-5-3-7-13(15)14-8-4-6-10-16(14)17/h3-10,17-18,25H,11-12H2,1-2H3,(H,23,29)(H,24,26)(H,27,28)/t18-/m0/s1. The van der Waals surface area contributed by atoms with Crippen molar-refractivity contribution in [1.82, 2.24) is 10.6 Å². The molecule has 3 rings (SSSR count). The van der Waals surface area contributed by atoms with Crippen LogP contribution in [0.1, 0.15) is 30.9 Å². The van der Waals surface area contributed by atoms with Crippen LogP contribution in [0.15, 0.2) is 48.5 Å². The van der Waals surface area contributed by atoms with Gasteiger partial charge in [-0.15, -0.1) is 0 Å². The van der Waals surface area contributed by atoms with Crippen LogP contribution in [-0.4, -0.2) is 53.0 Å². The number of benzene rings is 2. The normalized spacial score (nSPS) is 13.7. The van der Waals surface area contributed by atoms with E-state index in [1.165, 1.54) is 13.8 Å². The van der Waals surface area contributed by atoms with Gasteiger partial charge in [-0.05, 0) is 36.1 Å². The van der Waals surface area contributed by atoms with Crippen LogP contribution < -0.4 is 10.6 Å². The first-order chi connectivity index (χ1) is 14.2. The van der Waals surface area contributed by atoms with E-state index in [0.717, 1.165) is 22.3 Å². The Labute approximate surface area is 173 Å². The highest BCUT2D eigenvalue weighted by Crippen LogP contribution is 2.44. The van der Waals surface area contributed by atoms with Gasteiger partial charge in [0.15, 0.2) is 0 Å². The fourth-order valence-electron chi connectivity index (χ4n) is 3.43. The number of nitrogens with one attached hydrogen (secondary N) is 2. The lowest BCUT2D eigenvalue weighted by Crippen LogP contribution is -2.57. The SMILES string of the molecule is CC(C)(NC(=O)[C@H](CO)NC(=O)OCC1c2ccccc2-c2ccccc21)C(=O)O. The van der Waals surface area contributed by atoms with E-state index >= 15 is 0 Å². The summed E-state index contributed by atoms with van der Waals surface area (Å²) < 4.78 is 5.34. The molecule has 158 valence electrons. The van der Waals surface area contributed by atoms with Gasteiger partial charge < -0.3 is 25.6 Å². The van der Waals surface area contributed by atoms with Crippen molar-refractivity contribution in [1.29, 1.82) is 0 Å². The molecule has 2 amide bonds. The number of carbonyl (C=O) groups is 3. The second kappa shape index (κ2) is 8.54. The first kappa shape index (κ1) is 21.3. The number of aliphatic carboxylic acids is 1. The third-order valence-corrected chi connectivity index (χ3v) is 5.11. The van der Waals surface area contributed by atoms with Gasteiger partial charge in [-0.2, -0.15) is 0 Å². The molecule has 0 bridgehead atoms. The molecule has 1 aliphatic rings. The number of aliphatic hydroxyl groups is 1. The summed E-state index contributed by atoms with van der Waals surface area (Å²) in [6, 6.07) is 14.4. The Hall–Kier alpha value is -3.39. The number of ether oxygens (including phenoxy) is 1. The van der Waals surface area contributed by atoms with E-state index in [9.17, 15) is 19.5 Å². The summed E-state index contributed by atoms with van der Waals surface area (Å²) in [5.74, 6) is -2.21. The average Bonchev–Trinajstić information content (AvgIpc) is 3.04. The quantitative estimate of drug-likeness (QED) is 0.550. The smallest absolute Gasteiger partial charge is 0.407 e. The van der Waals surface area contributed by atoms with Crippen molar-refractivity contribution in [2.75, 3.05) is 13.2 Å². The number of rotatable bonds is 7. The van der Waals surface area contributed by atoms with Gasteiger partial charge in [-0.3, -0.25) is 4.79 Å².